The van der Waals surface area contributed by atoms with Gasteiger partial charge in [0.05, 0.1) is 22.7 Å². The largest absolute Gasteiger partial charge is 0.394 e. The average molecular weight is 292 g/mol. The van der Waals surface area contributed by atoms with Crippen LogP contribution in [0.1, 0.15) is 31.2 Å². The third-order valence-electron chi connectivity index (χ3n) is 2.90. The summed E-state index contributed by atoms with van der Waals surface area (Å²) in [7, 11) is -1.21. The Kier molecular flexibility index (Phi) is 4.79. The van der Waals surface area contributed by atoms with Crippen LogP contribution in [-0.4, -0.2) is 32.2 Å². The Morgan fingerprint density at radius 3 is 3.00 bits per heavy atom. The number of aryl methyl sites for hydroxylation is 1. The fourth-order valence-corrected chi connectivity index (χ4v) is 2.37. The molecule has 0 amide bonds. The lowest BCUT2D eigenvalue weighted by molar-refractivity contribution is 0.134. The summed E-state index contributed by atoms with van der Waals surface area (Å²) < 4.78 is 11.9. The van der Waals surface area contributed by atoms with Crippen LogP contribution in [0.2, 0.25) is 0 Å². The molecule has 7 heteroatoms. The molecule has 106 valence electrons. The van der Waals surface area contributed by atoms with Gasteiger partial charge in [-0.05, 0) is 25.7 Å². The molecule has 1 aromatic rings. The molecule has 0 N–H and O–H groups in total. The van der Waals surface area contributed by atoms with E-state index in [1.807, 2.05) is 13.0 Å². The molecule has 1 heterocycles. The van der Waals surface area contributed by atoms with Crippen LogP contribution in [-0.2, 0) is 15.6 Å². The summed E-state index contributed by atoms with van der Waals surface area (Å²) in [5.74, 6) is 1.02. The van der Waals surface area contributed by atoms with Crippen molar-refractivity contribution in [3.05, 3.63) is 17.6 Å². The van der Waals surface area contributed by atoms with Gasteiger partial charge in [0.1, 0.15) is 23.4 Å². The van der Waals surface area contributed by atoms with Gasteiger partial charge in [-0.1, -0.05) is 12.1 Å². The van der Waals surface area contributed by atoms with Crippen LogP contribution in [0.4, 0.5) is 0 Å². The standard InChI is InChI=1S/C13H16N4O2S/c1-3-20(18)13-9(2)15-7-12(16-13)11(6-14)17-19-8-10-4-5-10/h7,10H,3-5,8H2,1-2H3/b17-11+. The SMILES string of the molecule is CCS(=O)c1nc(/C(C#N)=N/OCC2CC2)cnc1C. The number of nitrogens with zero attached hydrogens (tertiary/aromatic N) is 4. The Hall–Kier alpha value is -1.81. The first-order chi connectivity index (χ1) is 9.65. The van der Waals surface area contributed by atoms with Crippen LogP contribution in [0.3, 0.4) is 0 Å². The van der Waals surface area contributed by atoms with Gasteiger partial charge in [-0.15, -0.1) is 0 Å². The number of aromatic nitrogens is 2. The van der Waals surface area contributed by atoms with Crippen molar-refractivity contribution >= 4 is 16.5 Å². The first kappa shape index (κ1) is 14.6. The van der Waals surface area contributed by atoms with E-state index in [9.17, 15) is 4.21 Å². The Labute approximate surface area is 120 Å². The van der Waals surface area contributed by atoms with E-state index < -0.39 is 10.8 Å². The number of hydrogen-bond donors (Lipinski definition) is 0. The van der Waals surface area contributed by atoms with Crippen LogP contribution in [0.25, 0.3) is 0 Å². The van der Waals surface area contributed by atoms with E-state index in [0.717, 1.165) is 12.8 Å². The zero-order chi connectivity index (χ0) is 14.5. The first-order valence-corrected chi connectivity index (χ1v) is 7.80. The van der Waals surface area contributed by atoms with Gasteiger partial charge in [0, 0.05) is 5.75 Å². The smallest absolute Gasteiger partial charge is 0.206 e. The number of nitriles is 1. The van der Waals surface area contributed by atoms with Gasteiger partial charge in [0.25, 0.3) is 0 Å². The molecule has 0 saturated heterocycles. The molecule has 1 aliphatic rings. The summed E-state index contributed by atoms with van der Waals surface area (Å²) in [5.41, 5.74) is 0.961. The zero-order valence-corrected chi connectivity index (χ0v) is 12.3. The van der Waals surface area contributed by atoms with Gasteiger partial charge < -0.3 is 4.84 Å². The highest BCUT2D eigenvalue weighted by Gasteiger charge is 2.22. The number of rotatable bonds is 6. The molecule has 0 aromatic carbocycles. The first-order valence-electron chi connectivity index (χ1n) is 6.48. The van der Waals surface area contributed by atoms with Gasteiger partial charge >= 0.3 is 0 Å². The van der Waals surface area contributed by atoms with Crippen molar-refractivity contribution in [2.75, 3.05) is 12.4 Å². The summed E-state index contributed by atoms with van der Waals surface area (Å²) in [5, 5.41) is 13.3. The van der Waals surface area contributed by atoms with Crippen molar-refractivity contribution in [2.24, 2.45) is 11.1 Å². The van der Waals surface area contributed by atoms with Gasteiger partial charge in [0.15, 0.2) is 0 Å². The molecule has 0 aliphatic heterocycles. The van der Waals surface area contributed by atoms with Crippen molar-refractivity contribution in [3.63, 3.8) is 0 Å². The molecule has 1 saturated carbocycles. The van der Waals surface area contributed by atoms with Crippen molar-refractivity contribution < 1.29 is 9.05 Å². The van der Waals surface area contributed by atoms with Gasteiger partial charge in [0.2, 0.25) is 5.71 Å². The lowest BCUT2D eigenvalue weighted by Crippen LogP contribution is -2.10. The highest BCUT2D eigenvalue weighted by atomic mass is 32.2. The van der Waals surface area contributed by atoms with Crippen LogP contribution in [0.5, 0.6) is 0 Å². The summed E-state index contributed by atoms with van der Waals surface area (Å²) in [6.07, 6.45) is 3.76. The van der Waals surface area contributed by atoms with Gasteiger partial charge in [-0.3, -0.25) is 9.19 Å². The minimum absolute atomic E-state index is 0.0625. The van der Waals surface area contributed by atoms with Crippen LogP contribution in [0.15, 0.2) is 16.4 Å². The second kappa shape index (κ2) is 6.57. The van der Waals surface area contributed by atoms with E-state index in [4.69, 9.17) is 10.1 Å². The highest BCUT2D eigenvalue weighted by molar-refractivity contribution is 7.84. The Morgan fingerprint density at radius 2 is 2.40 bits per heavy atom. The molecule has 0 bridgehead atoms. The van der Waals surface area contributed by atoms with E-state index in [-0.39, 0.29) is 5.71 Å². The van der Waals surface area contributed by atoms with E-state index >= 15 is 0 Å². The van der Waals surface area contributed by atoms with Crippen molar-refractivity contribution in [1.29, 1.82) is 5.26 Å². The summed E-state index contributed by atoms with van der Waals surface area (Å²) in [4.78, 5) is 13.5. The fourth-order valence-electron chi connectivity index (χ4n) is 1.52. The average Bonchev–Trinajstić information content (AvgIpc) is 3.28. The number of oxime groups is 1. The maximum atomic E-state index is 11.9. The summed E-state index contributed by atoms with van der Waals surface area (Å²) in [6, 6.07) is 1.94. The topological polar surface area (TPSA) is 88.2 Å². The predicted molar refractivity (Wildman–Crippen MR) is 74.5 cm³/mol. The molecule has 20 heavy (non-hydrogen) atoms. The fraction of sp³-hybridized carbons (Fsp3) is 0.538. The molecule has 1 unspecified atom stereocenters. The predicted octanol–water partition coefficient (Wildman–Crippen LogP) is 1.57. The minimum Gasteiger partial charge on any atom is -0.394 e. The third kappa shape index (κ3) is 3.61. The van der Waals surface area contributed by atoms with Crippen molar-refractivity contribution in [2.45, 2.75) is 31.7 Å². The zero-order valence-electron chi connectivity index (χ0n) is 11.5. The van der Waals surface area contributed by atoms with Gasteiger partial charge in [-0.2, -0.15) is 5.26 Å². The molecule has 1 atom stereocenters. The van der Waals surface area contributed by atoms with Crippen molar-refractivity contribution in [3.8, 4) is 6.07 Å². The summed E-state index contributed by atoms with van der Waals surface area (Å²) >= 11 is 0. The second-order valence-corrected chi connectivity index (χ2v) is 6.23. The highest BCUT2D eigenvalue weighted by Crippen LogP contribution is 2.28. The minimum atomic E-state index is -1.21. The third-order valence-corrected chi connectivity index (χ3v) is 4.24. The Bertz CT molecular complexity index is 591. The van der Waals surface area contributed by atoms with E-state index in [1.165, 1.54) is 6.20 Å². The maximum absolute atomic E-state index is 11.9. The lowest BCUT2D eigenvalue weighted by Gasteiger charge is -2.04. The molecule has 0 spiro atoms. The lowest BCUT2D eigenvalue weighted by atomic mass is 10.3. The van der Waals surface area contributed by atoms with Crippen LogP contribution >= 0.6 is 0 Å². The molecule has 1 fully saturated rings. The molecule has 1 aliphatic carbocycles. The molecule has 2 rings (SSSR count). The Balaban J connectivity index is 2.20. The monoisotopic (exact) mass is 292 g/mol. The Morgan fingerprint density at radius 1 is 1.65 bits per heavy atom. The molecule has 0 radical (unpaired) electrons. The molecule has 6 nitrogen and oxygen atoms in total. The van der Waals surface area contributed by atoms with E-state index in [1.54, 1.807) is 6.92 Å². The molecular weight excluding hydrogens is 276 g/mol. The molecular formula is C13H16N4O2S. The van der Waals surface area contributed by atoms with Crippen LogP contribution < -0.4 is 0 Å². The van der Waals surface area contributed by atoms with E-state index in [2.05, 4.69) is 15.1 Å². The number of hydrogen-bond acceptors (Lipinski definition) is 6. The van der Waals surface area contributed by atoms with Gasteiger partial charge in [-0.25, -0.2) is 4.98 Å². The molecule has 1 aromatic heterocycles. The van der Waals surface area contributed by atoms with Crippen LogP contribution in [0, 0.1) is 24.2 Å². The normalized spacial score (nSPS) is 16.6. The second-order valence-electron chi connectivity index (χ2n) is 4.57. The van der Waals surface area contributed by atoms with E-state index in [0.29, 0.717) is 34.7 Å². The maximum Gasteiger partial charge on any atom is 0.206 e. The van der Waals surface area contributed by atoms with Crippen molar-refractivity contribution in [1.82, 2.24) is 9.97 Å². The quantitative estimate of drug-likeness (QED) is 0.586. The summed E-state index contributed by atoms with van der Waals surface area (Å²) in [6.45, 7) is 4.08.